The van der Waals surface area contributed by atoms with Gasteiger partial charge in [0.05, 0.1) is 11.5 Å². The number of aromatic nitrogens is 1. The number of nitrogens with zero attached hydrogens (tertiary/aromatic N) is 1. The zero-order valence-electron chi connectivity index (χ0n) is 13.9. The van der Waals surface area contributed by atoms with Crippen molar-refractivity contribution >= 4 is 28.3 Å². The summed E-state index contributed by atoms with van der Waals surface area (Å²) in [4.78, 5) is 17.7. The van der Waals surface area contributed by atoms with Gasteiger partial charge in [-0.15, -0.1) is 11.3 Å². The fourth-order valence-electron chi connectivity index (χ4n) is 2.64. The minimum atomic E-state index is -0.561. The summed E-state index contributed by atoms with van der Waals surface area (Å²) in [5, 5.41) is 2.78. The number of hydrogen-bond donors (Lipinski definition) is 0. The average molecular weight is 369 g/mol. The number of esters is 1. The highest BCUT2D eigenvalue weighted by Crippen LogP contribution is 2.28. The number of furan rings is 1. The van der Waals surface area contributed by atoms with E-state index in [1.807, 2.05) is 35.7 Å². The lowest BCUT2D eigenvalue weighted by Crippen LogP contribution is -2.07. The third kappa shape index (κ3) is 3.14. The molecule has 0 aliphatic carbocycles. The molecule has 7 heteroatoms. The average Bonchev–Trinajstić information content (AvgIpc) is 3.39. The molecule has 3 heterocycles. The molecule has 0 radical (unpaired) electrons. The maximum absolute atomic E-state index is 12.5. The highest BCUT2D eigenvalue weighted by atomic mass is 32.1. The number of hydrogen-bond acceptors (Lipinski definition) is 7. The molecule has 0 saturated heterocycles. The van der Waals surface area contributed by atoms with E-state index in [2.05, 4.69) is 4.98 Å². The molecule has 0 saturated carbocycles. The minimum absolute atomic E-state index is 0.00280. The van der Waals surface area contributed by atoms with Crippen molar-refractivity contribution < 1.29 is 23.1 Å². The van der Waals surface area contributed by atoms with Crippen LogP contribution in [0.15, 0.2) is 56.9 Å². The molecule has 0 fully saturated rings. The largest absolute Gasteiger partial charge is 0.453 e. The van der Waals surface area contributed by atoms with Crippen molar-refractivity contribution in [3.8, 4) is 10.8 Å². The first-order valence-electron chi connectivity index (χ1n) is 7.91. The van der Waals surface area contributed by atoms with E-state index in [0.29, 0.717) is 22.7 Å². The van der Waals surface area contributed by atoms with Crippen LogP contribution in [-0.4, -0.2) is 18.1 Å². The van der Waals surface area contributed by atoms with Crippen LogP contribution in [0.4, 0.5) is 0 Å². The van der Waals surface area contributed by atoms with E-state index >= 15 is 0 Å². The molecule has 0 amide bonds. The van der Waals surface area contributed by atoms with Gasteiger partial charge in [0.1, 0.15) is 24.1 Å². The summed E-state index contributed by atoms with van der Waals surface area (Å²) < 4.78 is 21.6. The molecule has 132 valence electrons. The van der Waals surface area contributed by atoms with Gasteiger partial charge < -0.3 is 18.3 Å². The molecule has 6 nitrogen and oxygen atoms in total. The second-order valence-electron chi connectivity index (χ2n) is 5.54. The van der Waals surface area contributed by atoms with Crippen LogP contribution in [0.25, 0.3) is 21.7 Å². The van der Waals surface area contributed by atoms with Gasteiger partial charge >= 0.3 is 5.97 Å². The molecular formula is C19H15NO5S. The predicted octanol–water partition coefficient (Wildman–Crippen LogP) is 4.65. The Bertz CT molecular complexity index is 1030. The van der Waals surface area contributed by atoms with Gasteiger partial charge in [-0.1, -0.05) is 24.3 Å². The van der Waals surface area contributed by atoms with Crippen LogP contribution in [0.3, 0.4) is 0 Å². The summed E-state index contributed by atoms with van der Waals surface area (Å²) in [6, 6.07) is 11.2. The number of carbonyl (C=O) groups excluding carboxylic acids is 1. The first kappa shape index (κ1) is 16.6. The van der Waals surface area contributed by atoms with Crippen LogP contribution in [0.1, 0.15) is 21.8 Å². The normalized spacial score (nSPS) is 11.1. The zero-order valence-corrected chi connectivity index (χ0v) is 14.7. The van der Waals surface area contributed by atoms with Crippen LogP contribution < -0.4 is 0 Å². The van der Waals surface area contributed by atoms with Gasteiger partial charge in [0, 0.05) is 18.1 Å². The standard InChI is InChI=1S/C19H15NO5S/c1-22-11-14-13-5-2-3-6-15(13)25-17(14)19(21)24-10-12-9-23-18(20-12)16-7-4-8-26-16/h2-9H,10-11H2,1H3. The summed E-state index contributed by atoms with van der Waals surface area (Å²) in [7, 11) is 1.57. The zero-order chi connectivity index (χ0) is 17.9. The lowest BCUT2D eigenvalue weighted by molar-refractivity contribution is 0.0427. The van der Waals surface area contributed by atoms with E-state index in [4.69, 9.17) is 18.3 Å². The van der Waals surface area contributed by atoms with Crippen molar-refractivity contribution in [2.75, 3.05) is 7.11 Å². The Labute approximate surface area is 153 Å². The number of ether oxygens (including phenoxy) is 2. The van der Waals surface area contributed by atoms with Gasteiger partial charge in [-0.05, 0) is 17.5 Å². The van der Waals surface area contributed by atoms with E-state index in [1.165, 1.54) is 17.6 Å². The molecule has 1 aromatic carbocycles. The third-order valence-electron chi connectivity index (χ3n) is 3.81. The fraction of sp³-hybridized carbons (Fsp3) is 0.158. The molecule has 0 spiro atoms. The second kappa shape index (κ2) is 7.15. The topological polar surface area (TPSA) is 74.7 Å². The van der Waals surface area contributed by atoms with Crippen LogP contribution in [0.5, 0.6) is 0 Å². The molecule has 0 aliphatic rings. The highest BCUT2D eigenvalue weighted by Gasteiger charge is 2.22. The summed E-state index contributed by atoms with van der Waals surface area (Å²) in [5.74, 6) is 0.0961. The number of fused-ring (bicyclic) bond motifs is 1. The smallest absolute Gasteiger partial charge is 0.375 e. The maximum atomic E-state index is 12.5. The first-order valence-corrected chi connectivity index (χ1v) is 8.79. The van der Waals surface area contributed by atoms with Crippen molar-refractivity contribution in [2.24, 2.45) is 0 Å². The van der Waals surface area contributed by atoms with Gasteiger partial charge in [0.15, 0.2) is 0 Å². The maximum Gasteiger partial charge on any atom is 0.375 e. The van der Waals surface area contributed by atoms with E-state index in [0.717, 1.165) is 10.3 Å². The summed E-state index contributed by atoms with van der Waals surface area (Å²) in [5.41, 5.74) is 1.83. The third-order valence-corrected chi connectivity index (χ3v) is 4.67. The number of para-hydroxylation sites is 1. The van der Waals surface area contributed by atoms with Gasteiger partial charge in [-0.3, -0.25) is 0 Å². The second-order valence-corrected chi connectivity index (χ2v) is 6.48. The number of oxazole rings is 1. The van der Waals surface area contributed by atoms with Crippen molar-refractivity contribution in [1.82, 2.24) is 4.98 Å². The highest BCUT2D eigenvalue weighted by molar-refractivity contribution is 7.13. The summed E-state index contributed by atoms with van der Waals surface area (Å²) >= 11 is 1.53. The van der Waals surface area contributed by atoms with E-state index in [-0.39, 0.29) is 19.0 Å². The number of thiophene rings is 1. The van der Waals surface area contributed by atoms with Crippen molar-refractivity contribution in [2.45, 2.75) is 13.2 Å². The molecule has 0 bridgehead atoms. The molecule has 4 aromatic rings. The molecule has 0 aliphatic heterocycles. The van der Waals surface area contributed by atoms with Crippen molar-refractivity contribution in [3.63, 3.8) is 0 Å². The van der Waals surface area contributed by atoms with Crippen LogP contribution in [0.2, 0.25) is 0 Å². The van der Waals surface area contributed by atoms with Crippen LogP contribution in [-0.2, 0) is 22.7 Å². The summed E-state index contributed by atoms with van der Waals surface area (Å²) in [6.45, 7) is 0.255. The van der Waals surface area contributed by atoms with E-state index in [9.17, 15) is 4.79 Å². The van der Waals surface area contributed by atoms with Crippen molar-refractivity contribution in [1.29, 1.82) is 0 Å². The van der Waals surface area contributed by atoms with Gasteiger partial charge in [0.25, 0.3) is 0 Å². The number of methoxy groups -OCH3 is 1. The van der Waals surface area contributed by atoms with Crippen molar-refractivity contribution in [3.05, 3.63) is 65.1 Å². The Kier molecular flexibility index (Phi) is 4.55. The van der Waals surface area contributed by atoms with Gasteiger partial charge in [-0.2, -0.15) is 0 Å². The number of benzene rings is 1. The van der Waals surface area contributed by atoms with Gasteiger partial charge in [-0.25, -0.2) is 9.78 Å². The van der Waals surface area contributed by atoms with Crippen LogP contribution >= 0.6 is 11.3 Å². The fourth-order valence-corrected chi connectivity index (χ4v) is 3.30. The molecule has 0 N–H and O–H groups in total. The predicted molar refractivity (Wildman–Crippen MR) is 95.9 cm³/mol. The number of carbonyl (C=O) groups is 1. The monoisotopic (exact) mass is 369 g/mol. The lowest BCUT2D eigenvalue weighted by atomic mass is 10.1. The number of rotatable bonds is 6. The molecule has 0 unspecified atom stereocenters. The molecule has 4 rings (SSSR count). The van der Waals surface area contributed by atoms with E-state index < -0.39 is 5.97 Å². The van der Waals surface area contributed by atoms with E-state index in [1.54, 1.807) is 13.2 Å². The molecule has 0 atom stereocenters. The lowest BCUT2D eigenvalue weighted by Gasteiger charge is -2.02. The Hall–Kier alpha value is -2.90. The van der Waals surface area contributed by atoms with Crippen LogP contribution in [0, 0.1) is 0 Å². The first-order chi connectivity index (χ1) is 12.8. The molecule has 3 aromatic heterocycles. The Morgan fingerprint density at radius 2 is 2.08 bits per heavy atom. The molecular weight excluding hydrogens is 354 g/mol. The van der Waals surface area contributed by atoms with Gasteiger partial charge in [0.2, 0.25) is 11.7 Å². The SMILES string of the molecule is COCc1c(C(=O)OCc2coc(-c3cccs3)n2)oc2ccccc12. The quantitative estimate of drug-likeness (QED) is 0.461. The minimum Gasteiger partial charge on any atom is -0.453 e. The Balaban J connectivity index is 1.52. The molecule has 26 heavy (non-hydrogen) atoms. The summed E-state index contributed by atoms with van der Waals surface area (Å²) in [6.07, 6.45) is 1.48. The Morgan fingerprint density at radius 1 is 1.19 bits per heavy atom. The Morgan fingerprint density at radius 3 is 2.88 bits per heavy atom.